The predicted molar refractivity (Wildman–Crippen MR) is 57.5 cm³/mol. The number of aryl methyl sites for hydroxylation is 1. The highest BCUT2D eigenvalue weighted by atomic mass is 79.9. The van der Waals surface area contributed by atoms with Gasteiger partial charge in [-0.1, -0.05) is 13.8 Å². The van der Waals surface area contributed by atoms with Crippen LogP contribution in [0, 0.1) is 5.92 Å². The topological polar surface area (TPSA) is 43.8 Å². The van der Waals surface area contributed by atoms with Gasteiger partial charge in [0, 0.05) is 19.5 Å². The maximum Gasteiger partial charge on any atom is 0.104 e. The van der Waals surface area contributed by atoms with Gasteiger partial charge in [-0.2, -0.15) is 5.10 Å². The van der Waals surface area contributed by atoms with E-state index in [1.165, 1.54) is 0 Å². The van der Waals surface area contributed by atoms with Crippen molar-refractivity contribution in [3.8, 4) is 0 Å². The Morgan fingerprint density at radius 3 is 2.54 bits per heavy atom. The van der Waals surface area contributed by atoms with Gasteiger partial charge in [-0.15, -0.1) is 0 Å². The molecule has 0 radical (unpaired) electrons. The lowest BCUT2D eigenvalue weighted by atomic mass is 9.93. The second kappa shape index (κ2) is 4.24. The third-order valence-corrected chi connectivity index (χ3v) is 3.02. The molecule has 0 bridgehead atoms. The third kappa shape index (κ3) is 2.31. The molecule has 1 atom stereocenters. The van der Waals surface area contributed by atoms with Crippen LogP contribution in [-0.2, 0) is 7.05 Å². The second-order valence-corrected chi connectivity index (χ2v) is 4.41. The molecule has 1 aromatic rings. The Balaban J connectivity index is 2.92. The molecule has 0 amide bonds. The van der Waals surface area contributed by atoms with E-state index >= 15 is 0 Å². The Hall–Kier alpha value is -0.350. The number of hydrogen-bond donors (Lipinski definition) is 1. The molecule has 0 aromatic carbocycles. The summed E-state index contributed by atoms with van der Waals surface area (Å²) in [6, 6.07) is 2.04. The van der Waals surface area contributed by atoms with Crippen molar-refractivity contribution in [2.75, 3.05) is 6.54 Å². The molecule has 3 nitrogen and oxygen atoms in total. The fraction of sp³-hybridized carbons (Fsp3) is 0.667. The molecule has 1 rings (SSSR count). The Morgan fingerprint density at radius 2 is 2.23 bits per heavy atom. The molecule has 13 heavy (non-hydrogen) atoms. The highest BCUT2D eigenvalue weighted by molar-refractivity contribution is 9.10. The fourth-order valence-electron chi connectivity index (χ4n) is 1.38. The molecule has 4 heteroatoms. The summed E-state index contributed by atoms with van der Waals surface area (Å²) >= 11 is 3.42. The Bertz CT molecular complexity index is 261. The third-order valence-electron chi connectivity index (χ3n) is 2.28. The molecule has 0 aliphatic heterocycles. The van der Waals surface area contributed by atoms with Gasteiger partial charge in [-0.25, -0.2) is 0 Å². The van der Waals surface area contributed by atoms with Gasteiger partial charge in [0.1, 0.15) is 4.60 Å². The van der Waals surface area contributed by atoms with Crippen LogP contribution in [0.15, 0.2) is 10.7 Å². The van der Waals surface area contributed by atoms with Gasteiger partial charge < -0.3 is 5.73 Å². The van der Waals surface area contributed by atoms with E-state index in [0.29, 0.717) is 18.4 Å². The Kier molecular flexibility index (Phi) is 3.50. The molecular weight excluding hydrogens is 230 g/mol. The van der Waals surface area contributed by atoms with Crippen LogP contribution in [0.1, 0.15) is 25.5 Å². The van der Waals surface area contributed by atoms with Crippen molar-refractivity contribution in [1.82, 2.24) is 9.78 Å². The second-order valence-electron chi connectivity index (χ2n) is 3.60. The van der Waals surface area contributed by atoms with E-state index in [-0.39, 0.29) is 0 Å². The first-order valence-corrected chi connectivity index (χ1v) is 5.25. The van der Waals surface area contributed by atoms with Gasteiger partial charge in [0.05, 0.1) is 5.69 Å². The van der Waals surface area contributed by atoms with Crippen molar-refractivity contribution < 1.29 is 0 Å². The van der Waals surface area contributed by atoms with Gasteiger partial charge in [-0.3, -0.25) is 4.68 Å². The van der Waals surface area contributed by atoms with E-state index in [2.05, 4.69) is 34.9 Å². The molecule has 0 aliphatic rings. The highest BCUT2D eigenvalue weighted by Crippen LogP contribution is 2.24. The van der Waals surface area contributed by atoms with E-state index in [1.54, 1.807) is 0 Å². The number of nitrogens with zero attached hydrogens (tertiary/aromatic N) is 2. The summed E-state index contributed by atoms with van der Waals surface area (Å²) in [5, 5.41) is 4.39. The van der Waals surface area contributed by atoms with Gasteiger partial charge in [0.25, 0.3) is 0 Å². The zero-order valence-electron chi connectivity index (χ0n) is 8.29. The van der Waals surface area contributed by atoms with Crippen molar-refractivity contribution in [1.29, 1.82) is 0 Å². The first kappa shape index (κ1) is 10.7. The SMILES string of the molecule is CC(C)C(CN)c1cc(Br)n(C)n1. The highest BCUT2D eigenvalue weighted by Gasteiger charge is 2.17. The number of hydrogen-bond acceptors (Lipinski definition) is 2. The van der Waals surface area contributed by atoms with Crippen molar-refractivity contribution in [2.24, 2.45) is 18.7 Å². The predicted octanol–water partition coefficient (Wildman–Crippen LogP) is 1.88. The minimum absolute atomic E-state index is 0.359. The van der Waals surface area contributed by atoms with Gasteiger partial charge in [0.2, 0.25) is 0 Å². The summed E-state index contributed by atoms with van der Waals surface area (Å²) in [6.07, 6.45) is 0. The summed E-state index contributed by atoms with van der Waals surface area (Å²) in [5.74, 6) is 0.893. The quantitative estimate of drug-likeness (QED) is 0.884. The summed E-state index contributed by atoms with van der Waals surface area (Å²) < 4.78 is 2.82. The van der Waals surface area contributed by atoms with Crippen LogP contribution in [0.3, 0.4) is 0 Å². The van der Waals surface area contributed by atoms with E-state index in [4.69, 9.17) is 5.73 Å². The van der Waals surface area contributed by atoms with E-state index in [9.17, 15) is 0 Å². The summed E-state index contributed by atoms with van der Waals surface area (Å²) in [5.41, 5.74) is 6.78. The minimum atomic E-state index is 0.359. The standard InChI is InChI=1S/C9H16BrN3/c1-6(2)7(5-11)8-4-9(10)13(3)12-8/h4,6-7H,5,11H2,1-3H3. The van der Waals surface area contributed by atoms with Crippen LogP contribution in [-0.4, -0.2) is 16.3 Å². The Labute approximate surface area is 87.4 Å². The molecule has 74 valence electrons. The van der Waals surface area contributed by atoms with Crippen molar-refractivity contribution in [2.45, 2.75) is 19.8 Å². The first-order chi connectivity index (χ1) is 6.06. The number of rotatable bonds is 3. The maximum atomic E-state index is 5.70. The number of nitrogens with two attached hydrogens (primary N) is 1. The van der Waals surface area contributed by atoms with Crippen LogP contribution >= 0.6 is 15.9 Å². The van der Waals surface area contributed by atoms with Gasteiger partial charge in [0.15, 0.2) is 0 Å². The maximum absolute atomic E-state index is 5.70. The Morgan fingerprint density at radius 1 is 1.62 bits per heavy atom. The smallest absolute Gasteiger partial charge is 0.104 e. The monoisotopic (exact) mass is 245 g/mol. The molecule has 0 aliphatic carbocycles. The van der Waals surface area contributed by atoms with Crippen LogP contribution in [0.5, 0.6) is 0 Å². The van der Waals surface area contributed by atoms with Crippen LogP contribution in [0.4, 0.5) is 0 Å². The van der Waals surface area contributed by atoms with Crippen LogP contribution < -0.4 is 5.73 Å². The van der Waals surface area contributed by atoms with E-state index in [1.807, 2.05) is 17.8 Å². The molecule has 0 saturated heterocycles. The van der Waals surface area contributed by atoms with Crippen LogP contribution in [0.25, 0.3) is 0 Å². The average Bonchev–Trinajstić information content (AvgIpc) is 2.32. The van der Waals surface area contributed by atoms with Gasteiger partial charge in [-0.05, 0) is 27.9 Å². The first-order valence-electron chi connectivity index (χ1n) is 4.45. The molecule has 1 unspecified atom stereocenters. The van der Waals surface area contributed by atoms with Crippen molar-refractivity contribution in [3.63, 3.8) is 0 Å². The molecule has 0 fully saturated rings. The van der Waals surface area contributed by atoms with E-state index in [0.717, 1.165) is 10.3 Å². The lowest BCUT2D eigenvalue weighted by Crippen LogP contribution is -2.18. The fourth-order valence-corrected chi connectivity index (χ4v) is 1.69. The molecular formula is C9H16BrN3. The van der Waals surface area contributed by atoms with Crippen LogP contribution in [0.2, 0.25) is 0 Å². The van der Waals surface area contributed by atoms with E-state index < -0.39 is 0 Å². The normalized spacial score (nSPS) is 13.7. The minimum Gasteiger partial charge on any atom is -0.330 e. The van der Waals surface area contributed by atoms with Crippen molar-refractivity contribution in [3.05, 3.63) is 16.4 Å². The zero-order valence-corrected chi connectivity index (χ0v) is 9.87. The van der Waals surface area contributed by atoms with Crippen molar-refractivity contribution >= 4 is 15.9 Å². The molecule has 1 aromatic heterocycles. The lowest BCUT2D eigenvalue weighted by Gasteiger charge is -2.15. The van der Waals surface area contributed by atoms with Gasteiger partial charge >= 0.3 is 0 Å². The molecule has 0 spiro atoms. The lowest BCUT2D eigenvalue weighted by molar-refractivity contribution is 0.489. The zero-order chi connectivity index (χ0) is 10.0. The summed E-state index contributed by atoms with van der Waals surface area (Å²) in [4.78, 5) is 0. The number of aromatic nitrogens is 2. The average molecular weight is 246 g/mol. The molecule has 2 N–H and O–H groups in total. The largest absolute Gasteiger partial charge is 0.330 e. The molecule has 0 saturated carbocycles. The number of halogens is 1. The summed E-state index contributed by atoms with van der Waals surface area (Å²) in [6.45, 7) is 4.99. The molecule has 1 heterocycles. The summed E-state index contributed by atoms with van der Waals surface area (Å²) in [7, 11) is 1.92.